The Morgan fingerprint density at radius 1 is 1.42 bits per heavy atom. The molecule has 1 rings (SSSR count). The van der Waals surface area contributed by atoms with Crippen molar-refractivity contribution in [3.05, 3.63) is 18.1 Å². The van der Waals surface area contributed by atoms with Crippen molar-refractivity contribution in [2.75, 3.05) is 7.11 Å². The van der Waals surface area contributed by atoms with Gasteiger partial charge in [-0.3, -0.25) is 0 Å². The van der Waals surface area contributed by atoms with E-state index in [9.17, 15) is 5.11 Å². The fourth-order valence-corrected chi connectivity index (χ4v) is 1.79. The van der Waals surface area contributed by atoms with E-state index in [-0.39, 0.29) is 0 Å². The van der Waals surface area contributed by atoms with E-state index < -0.39 is 5.60 Å². The maximum absolute atomic E-state index is 10.1. The van der Waals surface area contributed by atoms with Crippen LogP contribution < -0.4 is 0 Å². The Bertz CT molecular complexity index is 196. The van der Waals surface area contributed by atoms with E-state index in [1.807, 2.05) is 0 Å². The van der Waals surface area contributed by atoms with Gasteiger partial charge in [-0.25, -0.2) is 0 Å². The van der Waals surface area contributed by atoms with Crippen LogP contribution in [0.5, 0.6) is 0 Å². The van der Waals surface area contributed by atoms with Crippen LogP contribution >= 0.6 is 0 Å². The van der Waals surface area contributed by atoms with Gasteiger partial charge in [0.2, 0.25) is 0 Å². The summed E-state index contributed by atoms with van der Waals surface area (Å²) in [5, 5.41) is 10.1. The van der Waals surface area contributed by atoms with Gasteiger partial charge in [-0.15, -0.1) is 0 Å². The first-order valence-electron chi connectivity index (χ1n) is 4.40. The zero-order valence-corrected chi connectivity index (χ0v) is 7.60. The maximum Gasteiger partial charge on any atom is 0.169 e. The van der Waals surface area contributed by atoms with Crippen molar-refractivity contribution in [3.63, 3.8) is 0 Å². The van der Waals surface area contributed by atoms with Crippen molar-refractivity contribution in [3.8, 4) is 0 Å². The molecule has 0 atom stereocenters. The molecule has 0 saturated heterocycles. The lowest BCUT2D eigenvalue weighted by Gasteiger charge is -2.31. The Balaban J connectivity index is 2.74. The van der Waals surface area contributed by atoms with E-state index >= 15 is 0 Å². The molecule has 0 aromatic carbocycles. The van der Waals surface area contributed by atoms with Crippen molar-refractivity contribution in [2.24, 2.45) is 0 Å². The molecular weight excluding hydrogens is 152 g/mol. The molecule has 0 heterocycles. The van der Waals surface area contributed by atoms with E-state index in [0.29, 0.717) is 5.76 Å². The highest BCUT2D eigenvalue weighted by atomic mass is 16.5. The number of methoxy groups -OCH3 is 1. The first-order chi connectivity index (χ1) is 5.73. The second kappa shape index (κ2) is 3.79. The third-order valence-corrected chi connectivity index (χ3v) is 2.47. The summed E-state index contributed by atoms with van der Waals surface area (Å²) in [5.41, 5.74) is 1.87. The van der Waals surface area contributed by atoms with Crippen LogP contribution in [-0.2, 0) is 4.74 Å². The first kappa shape index (κ1) is 9.37. The minimum atomic E-state index is -0.783. The Hall–Kier alpha value is -0.720. The average Bonchev–Trinajstić information content (AvgIpc) is 2.07. The van der Waals surface area contributed by atoms with Crippen LogP contribution in [0.3, 0.4) is 0 Å². The maximum atomic E-state index is 10.1. The summed E-state index contributed by atoms with van der Waals surface area (Å²) in [6.45, 7) is 3.51. The molecule has 2 nitrogen and oxygen atoms in total. The SMILES string of the molecule is C=C=C(OC)C1(O)CCCCC1. The molecule has 1 saturated carbocycles. The molecule has 0 aromatic rings. The number of ether oxygens (including phenoxy) is 1. The van der Waals surface area contributed by atoms with Gasteiger partial charge < -0.3 is 9.84 Å². The molecule has 0 unspecified atom stereocenters. The normalized spacial score (nSPS) is 21.2. The number of hydrogen-bond donors (Lipinski definition) is 1. The fraction of sp³-hybridized carbons (Fsp3) is 0.700. The van der Waals surface area contributed by atoms with Gasteiger partial charge in [0.05, 0.1) is 7.11 Å². The fourth-order valence-electron chi connectivity index (χ4n) is 1.79. The second-order valence-corrected chi connectivity index (χ2v) is 3.30. The van der Waals surface area contributed by atoms with Crippen molar-refractivity contribution < 1.29 is 9.84 Å². The molecule has 0 bridgehead atoms. The largest absolute Gasteiger partial charge is 0.490 e. The van der Waals surface area contributed by atoms with E-state index in [4.69, 9.17) is 4.74 Å². The Morgan fingerprint density at radius 2 is 2.00 bits per heavy atom. The van der Waals surface area contributed by atoms with Crippen LogP contribution in [0.15, 0.2) is 18.1 Å². The minimum absolute atomic E-state index is 0.502. The van der Waals surface area contributed by atoms with Gasteiger partial charge in [0, 0.05) is 0 Å². The van der Waals surface area contributed by atoms with Crippen molar-refractivity contribution >= 4 is 0 Å². The molecule has 0 aliphatic heterocycles. The van der Waals surface area contributed by atoms with Gasteiger partial charge in [-0.1, -0.05) is 31.6 Å². The van der Waals surface area contributed by atoms with Gasteiger partial charge in [-0.05, 0) is 12.8 Å². The Morgan fingerprint density at radius 3 is 2.42 bits per heavy atom. The van der Waals surface area contributed by atoms with Crippen molar-refractivity contribution in [2.45, 2.75) is 37.7 Å². The van der Waals surface area contributed by atoms with Crippen LogP contribution in [0.2, 0.25) is 0 Å². The molecule has 12 heavy (non-hydrogen) atoms. The summed E-state index contributed by atoms with van der Waals surface area (Å²) in [6, 6.07) is 0. The van der Waals surface area contributed by atoms with Gasteiger partial charge >= 0.3 is 0 Å². The van der Waals surface area contributed by atoms with Crippen molar-refractivity contribution in [1.82, 2.24) is 0 Å². The number of rotatable bonds is 2. The molecule has 1 fully saturated rings. The van der Waals surface area contributed by atoms with E-state index in [0.717, 1.165) is 25.7 Å². The first-order valence-corrected chi connectivity index (χ1v) is 4.40. The van der Waals surface area contributed by atoms with Crippen molar-refractivity contribution in [1.29, 1.82) is 0 Å². The zero-order chi connectivity index (χ0) is 9.03. The molecule has 0 radical (unpaired) electrons. The molecular formula is C10H16O2. The van der Waals surface area contributed by atoms with Gasteiger partial charge in [0.25, 0.3) is 0 Å². The molecule has 1 N–H and O–H groups in total. The van der Waals surface area contributed by atoms with E-state index in [2.05, 4.69) is 12.3 Å². The van der Waals surface area contributed by atoms with Crippen LogP contribution in [0.25, 0.3) is 0 Å². The molecule has 1 aliphatic carbocycles. The quantitative estimate of drug-likeness (QED) is 0.504. The summed E-state index contributed by atoms with van der Waals surface area (Å²) in [5.74, 6) is 0.502. The summed E-state index contributed by atoms with van der Waals surface area (Å²) < 4.78 is 5.04. The third kappa shape index (κ3) is 1.71. The smallest absolute Gasteiger partial charge is 0.169 e. The molecule has 0 spiro atoms. The lowest BCUT2D eigenvalue weighted by Crippen LogP contribution is -2.34. The monoisotopic (exact) mass is 168 g/mol. The molecule has 2 heteroatoms. The van der Waals surface area contributed by atoms with Gasteiger partial charge in [-0.2, -0.15) is 0 Å². The zero-order valence-electron chi connectivity index (χ0n) is 7.60. The van der Waals surface area contributed by atoms with Gasteiger partial charge in [0.1, 0.15) is 5.60 Å². The Labute approximate surface area is 73.5 Å². The summed E-state index contributed by atoms with van der Waals surface area (Å²) in [7, 11) is 1.56. The lowest BCUT2D eigenvalue weighted by molar-refractivity contribution is -0.00683. The van der Waals surface area contributed by atoms with Crippen LogP contribution in [-0.4, -0.2) is 17.8 Å². The lowest BCUT2D eigenvalue weighted by atomic mass is 9.83. The van der Waals surface area contributed by atoms with Crippen LogP contribution in [0, 0.1) is 0 Å². The van der Waals surface area contributed by atoms with Gasteiger partial charge in [0.15, 0.2) is 5.76 Å². The second-order valence-electron chi connectivity index (χ2n) is 3.30. The molecule has 0 amide bonds. The predicted octanol–water partition coefficient (Wildman–Crippen LogP) is 2.00. The topological polar surface area (TPSA) is 29.5 Å². The standard InChI is InChI=1S/C10H16O2/c1-3-9(12-2)10(11)7-5-4-6-8-10/h11H,1,4-8H2,2H3. The predicted molar refractivity (Wildman–Crippen MR) is 47.7 cm³/mol. The minimum Gasteiger partial charge on any atom is -0.490 e. The molecule has 0 aromatic heterocycles. The van der Waals surface area contributed by atoms with Crippen LogP contribution in [0.1, 0.15) is 32.1 Å². The highest BCUT2D eigenvalue weighted by molar-refractivity contribution is 5.09. The Kier molecular flexibility index (Phi) is 2.96. The van der Waals surface area contributed by atoms with Crippen LogP contribution in [0.4, 0.5) is 0 Å². The van der Waals surface area contributed by atoms with E-state index in [1.54, 1.807) is 7.11 Å². The molecule has 1 aliphatic rings. The summed E-state index contributed by atoms with van der Waals surface area (Å²) >= 11 is 0. The highest BCUT2D eigenvalue weighted by Crippen LogP contribution is 2.33. The average molecular weight is 168 g/mol. The number of aliphatic hydroxyl groups is 1. The molecule has 68 valence electrons. The van der Waals surface area contributed by atoms with E-state index in [1.165, 1.54) is 6.42 Å². The third-order valence-electron chi connectivity index (χ3n) is 2.47. The summed E-state index contributed by atoms with van der Waals surface area (Å²) in [6.07, 6.45) is 4.88. The summed E-state index contributed by atoms with van der Waals surface area (Å²) in [4.78, 5) is 0. The highest BCUT2D eigenvalue weighted by Gasteiger charge is 2.34. The number of hydrogen-bond acceptors (Lipinski definition) is 2.